The van der Waals surface area contributed by atoms with Gasteiger partial charge in [-0.2, -0.15) is 0 Å². The van der Waals surface area contributed by atoms with Gasteiger partial charge in [-0.05, 0) is 49.1 Å². The number of anilines is 2. The Hall–Kier alpha value is -2.59. The summed E-state index contributed by atoms with van der Waals surface area (Å²) in [6.45, 7) is 4.07. The fraction of sp³-hybridized carbons (Fsp3) is 0.238. The van der Waals surface area contributed by atoms with Crippen molar-refractivity contribution >= 4 is 34.8 Å². The fourth-order valence-corrected chi connectivity index (χ4v) is 3.10. The van der Waals surface area contributed by atoms with Crippen molar-refractivity contribution in [2.75, 3.05) is 10.2 Å². The van der Waals surface area contributed by atoms with Crippen LogP contribution >= 0.6 is 11.6 Å². The molecule has 1 N–H and O–H groups in total. The molecule has 3 rings (SSSR count). The van der Waals surface area contributed by atoms with E-state index in [4.69, 9.17) is 11.6 Å². The van der Waals surface area contributed by atoms with Gasteiger partial charge in [0.2, 0.25) is 0 Å². The molecule has 0 aliphatic carbocycles. The molecule has 2 aromatic carbocycles. The highest BCUT2D eigenvalue weighted by atomic mass is 35.5. The van der Waals surface area contributed by atoms with Gasteiger partial charge >= 0.3 is 0 Å². The van der Waals surface area contributed by atoms with E-state index in [9.17, 15) is 9.59 Å². The minimum absolute atomic E-state index is 0.0895. The lowest BCUT2D eigenvalue weighted by molar-refractivity contribution is -0.120. The number of para-hydroxylation sites is 1. The van der Waals surface area contributed by atoms with Crippen molar-refractivity contribution < 1.29 is 9.59 Å². The zero-order valence-corrected chi connectivity index (χ0v) is 15.6. The molecule has 0 spiro atoms. The van der Waals surface area contributed by atoms with Gasteiger partial charge in [-0.3, -0.25) is 9.59 Å². The number of halogens is 1. The Bertz CT molecular complexity index is 872. The lowest BCUT2D eigenvalue weighted by Crippen LogP contribution is -2.32. The van der Waals surface area contributed by atoms with E-state index in [0.29, 0.717) is 5.69 Å². The van der Waals surface area contributed by atoms with Gasteiger partial charge in [0.25, 0.3) is 11.8 Å². The maximum absolute atomic E-state index is 12.8. The summed E-state index contributed by atoms with van der Waals surface area (Å²) in [7, 11) is 0. The van der Waals surface area contributed by atoms with Crippen molar-refractivity contribution in [1.82, 2.24) is 0 Å². The number of nitrogens with zero attached hydrogens (tertiary/aromatic N) is 1. The van der Waals surface area contributed by atoms with Crippen LogP contribution in [0.15, 0.2) is 59.3 Å². The smallest absolute Gasteiger partial charge is 0.283 e. The highest BCUT2D eigenvalue weighted by Gasteiger charge is 2.39. The first-order valence-electron chi connectivity index (χ1n) is 8.73. The first kappa shape index (κ1) is 18.2. The third-order valence-corrected chi connectivity index (χ3v) is 4.80. The molecule has 26 heavy (non-hydrogen) atoms. The van der Waals surface area contributed by atoms with Gasteiger partial charge in [0.05, 0.1) is 5.69 Å². The average molecular weight is 369 g/mol. The Balaban J connectivity index is 1.83. The minimum atomic E-state index is -0.506. The van der Waals surface area contributed by atoms with Crippen LogP contribution in [0.5, 0.6) is 0 Å². The Kier molecular flexibility index (Phi) is 5.43. The van der Waals surface area contributed by atoms with E-state index < -0.39 is 11.8 Å². The molecular weight excluding hydrogens is 348 g/mol. The third kappa shape index (κ3) is 3.51. The molecule has 0 saturated carbocycles. The Morgan fingerprint density at radius 3 is 2.35 bits per heavy atom. The molecule has 4 nitrogen and oxygen atoms in total. The molecule has 0 atom stereocenters. The Morgan fingerprint density at radius 1 is 1.00 bits per heavy atom. The number of rotatable bonds is 6. The second-order valence-electron chi connectivity index (χ2n) is 6.34. The summed E-state index contributed by atoms with van der Waals surface area (Å²) in [5.74, 6) is -0.946. The number of unbranched alkanes of at least 4 members (excludes halogenated alkanes) is 1. The maximum atomic E-state index is 12.8. The second-order valence-corrected chi connectivity index (χ2v) is 6.72. The molecule has 0 bridgehead atoms. The van der Waals surface area contributed by atoms with E-state index in [1.54, 1.807) is 12.1 Å². The monoisotopic (exact) mass is 368 g/mol. The van der Waals surface area contributed by atoms with Crippen molar-refractivity contribution in [1.29, 1.82) is 0 Å². The molecule has 0 aromatic heterocycles. The molecule has 2 aromatic rings. The molecule has 0 fully saturated rings. The Morgan fingerprint density at radius 2 is 1.69 bits per heavy atom. The van der Waals surface area contributed by atoms with Crippen molar-refractivity contribution in [3.05, 3.63) is 70.4 Å². The van der Waals surface area contributed by atoms with Gasteiger partial charge in [0.1, 0.15) is 10.7 Å². The number of aryl methyl sites for hydroxylation is 2. The number of hydrogen-bond donors (Lipinski definition) is 1. The summed E-state index contributed by atoms with van der Waals surface area (Å²) in [4.78, 5) is 26.5. The van der Waals surface area contributed by atoms with Crippen LogP contribution in [0.1, 0.15) is 30.9 Å². The number of carbonyl (C=O) groups is 2. The quantitative estimate of drug-likeness (QED) is 0.747. The predicted octanol–water partition coefficient (Wildman–Crippen LogP) is 4.77. The highest BCUT2D eigenvalue weighted by Crippen LogP contribution is 2.31. The molecule has 0 saturated heterocycles. The molecule has 1 heterocycles. The highest BCUT2D eigenvalue weighted by molar-refractivity contribution is 6.53. The van der Waals surface area contributed by atoms with Crippen LogP contribution in [-0.4, -0.2) is 11.8 Å². The maximum Gasteiger partial charge on any atom is 0.283 e. The van der Waals surface area contributed by atoms with Crippen molar-refractivity contribution in [2.45, 2.75) is 33.1 Å². The van der Waals surface area contributed by atoms with Crippen LogP contribution in [-0.2, 0) is 16.0 Å². The van der Waals surface area contributed by atoms with Gasteiger partial charge in [-0.15, -0.1) is 0 Å². The van der Waals surface area contributed by atoms with Crippen molar-refractivity contribution in [3.63, 3.8) is 0 Å². The number of benzene rings is 2. The van der Waals surface area contributed by atoms with Gasteiger partial charge < -0.3 is 5.32 Å². The van der Waals surface area contributed by atoms with Crippen molar-refractivity contribution in [2.24, 2.45) is 0 Å². The zero-order chi connectivity index (χ0) is 18.7. The van der Waals surface area contributed by atoms with Crippen LogP contribution < -0.4 is 10.2 Å². The fourth-order valence-electron chi connectivity index (χ4n) is 2.89. The molecule has 1 aliphatic rings. The number of imide groups is 1. The predicted molar refractivity (Wildman–Crippen MR) is 105 cm³/mol. The number of nitrogens with one attached hydrogen (secondary N) is 1. The Labute approximate surface area is 158 Å². The topological polar surface area (TPSA) is 49.4 Å². The van der Waals surface area contributed by atoms with E-state index in [1.165, 1.54) is 5.56 Å². The summed E-state index contributed by atoms with van der Waals surface area (Å²) < 4.78 is 0. The largest absolute Gasteiger partial charge is 0.349 e. The first-order chi connectivity index (χ1) is 12.5. The van der Waals surface area contributed by atoms with Gasteiger partial charge in [-0.25, -0.2) is 4.90 Å². The number of amides is 2. The van der Waals surface area contributed by atoms with Crippen LogP contribution in [0.3, 0.4) is 0 Å². The standard InChI is InChI=1S/C21H21ClN2O2/c1-3-4-8-15-10-12-16(13-11-15)24-20(25)18(22)19(21(24)26)23-17-9-6-5-7-14(17)2/h5-7,9-13,23H,3-4,8H2,1-2H3. The summed E-state index contributed by atoms with van der Waals surface area (Å²) in [5, 5.41) is 2.92. The summed E-state index contributed by atoms with van der Waals surface area (Å²) in [5.41, 5.74) is 3.54. The van der Waals surface area contributed by atoms with Crippen molar-refractivity contribution in [3.8, 4) is 0 Å². The van der Waals surface area contributed by atoms with E-state index in [-0.39, 0.29) is 10.7 Å². The summed E-state index contributed by atoms with van der Waals surface area (Å²) >= 11 is 6.18. The first-order valence-corrected chi connectivity index (χ1v) is 9.11. The average Bonchev–Trinajstić information content (AvgIpc) is 2.86. The normalized spacial score (nSPS) is 14.3. The van der Waals surface area contributed by atoms with Crippen LogP contribution in [0.25, 0.3) is 0 Å². The number of carbonyl (C=O) groups excluding carboxylic acids is 2. The SMILES string of the molecule is CCCCc1ccc(N2C(=O)C(Cl)=C(Nc3ccccc3C)C2=O)cc1. The van der Waals surface area contributed by atoms with Crippen LogP contribution in [0, 0.1) is 6.92 Å². The number of hydrogen-bond acceptors (Lipinski definition) is 3. The molecule has 1 aliphatic heterocycles. The van der Waals surface area contributed by atoms with E-state index in [1.807, 2.05) is 43.3 Å². The van der Waals surface area contributed by atoms with E-state index in [2.05, 4.69) is 12.2 Å². The third-order valence-electron chi connectivity index (χ3n) is 4.45. The van der Waals surface area contributed by atoms with Gasteiger partial charge in [-0.1, -0.05) is 55.3 Å². The van der Waals surface area contributed by atoms with Crippen LogP contribution in [0.2, 0.25) is 0 Å². The second kappa shape index (κ2) is 7.75. The van der Waals surface area contributed by atoms with Gasteiger partial charge in [0, 0.05) is 5.69 Å². The molecule has 134 valence electrons. The van der Waals surface area contributed by atoms with Crippen LogP contribution in [0.4, 0.5) is 11.4 Å². The molecule has 5 heteroatoms. The molecule has 2 amide bonds. The van der Waals surface area contributed by atoms with E-state index in [0.717, 1.165) is 35.4 Å². The van der Waals surface area contributed by atoms with Gasteiger partial charge in [0.15, 0.2) is 0 Å². The molecular formula is C21H21ClN2O2. The zero-order valence-electron chi connectivity index (χ0n) is 14.9. The minimum Gasteiger partial charge on any atom is -0.349 e. The van der Waals surface area contributed by atoms with E-state index >= 15 is 0 Å². The summed E-state index contributed by atoms with van der Waals surface area (Å²) in [6, 6.07) is 15.0. The summed E-state index contributed by atoms with van der Waals surface area (Å²) in [6.07, 6.45) is 3.22. The lowest BCUT2D eigenvalue weighted by Gasteiger charge is -2.16. The molecule has 0 radical (unpaired) electrons. The lowest BCUT2D eigenvalue weighted by atomic mass is 10.1. The molecule has 0 unspecified atom stereocenters.